The summed E-state index contributed by atoms with van der Waals surface area (Å²) in [7, 11) is 0. The van der Waals surface area contributed by atoms with Gasteiger partial charge in [0, 0.05) is 17.6 Å². The monoisotopic (exact) mass is 301 g/mol. The van der Waals surface area contributed by atoms with Crippen LogP contribution in [0.25, 0.3) is 0 Å². The molecule has 1 aliphatic heterocycles. The normalized spacial score (nSPS) is 19.8. The van der Waals surface area contributed by atoms with Gasteiger partial charge in [0.15, 0.2) is 0 Å². The molecule has 0 aromatic heterocycles. The van der Waals surface area contributed by atoms with Gasteiger partial charge in [0.1, 0.15) is 5.82 Å². The lowest BCUT2D eigenvalue weighted by atomic mass is 10.2. The first kappa shape index (κ1) is 13.0. The third kappa shape index (κ3) is 4.37. The van der Waals surface area contributed by atoms with Gasteiger partial charge in [-0.15, -0.1) is 0 Å². The topological polar surface area (TPSA) is 21.3 Å². The van der Waals surface area contributed by atoms with Crippen molar-refractivity contribution in [3.63, 3.8) is 0 Å². The molecule has 1 unspecified atom stereocenters. The summed E-state index contributed by atoms with van der Waals surface area (Å²) in [5, 5.41) is 3.32. The van der Waals surface area contributed by atoms with Crippen LogP contribution in [-0.2, 0) is 11.3 Å². The van der Waals surface area contributed by atoms with E-state index in [2.05, 4.69) is 21.2 Å². The maximum Gasteiger partial charge on any atom is 0.124 e. The number of rotatable bonds is 5. The Hall–Kier alpha value is -0.450. The molecular weight excluding hydrogens is 285 g/mol. The van der Waals surface area contributed by atoms with Crippen molar-refractivity contribution >= 4 is 15.9 Å². The van der Waals surface area contributed by atoms with Crippen molar-refractivity contribution in [1.29, 1.82) is 0 Å². The maximum absolute atomic E-state index is 13.1. The van der Waals surface area contributed by atoms with Crippen LogP contribution in [-0.4, -0.2) is 19.3 Å². The molecule has 0 spiro atoms. The quantitative estimate of drug-likeness (QED) is 0.843. The molecule has 0 aliphatic carbocycles. The second-order valence-electron chi connectivity index (χ2n) is 4.38. The van der Waals surface area contributed by atoms with E-state index < -0.39 is 0 Å². The van der Waals surface area contributed by atoms with Crippen molar-refractivity contribution in [2.75, 3.05) is 13.2 Å². The first-order valence-corrected chi connectivity index (χ1v) is 6.80. The van der Waals surface area contributed by atoms with Gasteiger partial charge in [0.2, 0.25) is 0 Å². The molecule has 1 atom stereocenters. The molecule has 4 heteroatoms. The number of halogens is 2. The first-order valence-electron chi connectivity index (χ1n) is 6.01. The molecule has 1 aromatic carbocycles. The Morgan fingerprint density at radius 1 is 1.41 bits per heavy atom. The van der Waals surface area contributed by atoms with Gasteiger partial charge in [-0.1, -0.05) is 15.9 Å². The minimum absolute atomic E-state index is 0.199. The van der Waals surface area contributed by atoms with E-state index >= 15 is 0 Å². The summed E-state index contributed by atoms with van der Waals surface area (Å²) in [6, 6.07) is 4.96. The van der Waals surface area contributed by atoms with Gasteiger partial charge in [-0.25, -0.2) is 4.39 Å². The van der Waals surface area contributed by atoms with Gasteiger partial charge in [-0.05, 0) is 49.6 Å². The van der Waals surface area contributed by atoms with Crippen LogP contribution in [0.1, 0.15) is 24.8 Å². The van der Waals surface area contributed by atoms with Crippen LogP contribution >= 0.6 is 15.9 Å². The molecule has 0 bridgehead atoms. The maximum atomic E-state index is 13.1. The Balaban J connectivity index is 1.70. The third-order valence-electron chi connectivity index (χ3n) is 2.92. The van der Waals surface area contributed by atoms with Crippen LogP contribution in [0.4, 0.5) is 4.39 Å². The van der Waals surface area contributed by atoms with Crippen molar-refractivity contribution in [2.45, 2.75) is 31.9 Å². The number of benzene rings is 1. The van der Waals surface area contributed by atoms with Crippen LogP contribution in [0, 0.1) is 5.82 Å². The van der Waals surface area contributed by atoms with Crippen molar-refractivity contribution in [2.24, 2.45) is 0 Å². The van der Waals surface area contributed by atoms with E-state index in [1.165, 1.54) is 18.9 Å². The number of ether oxygens (including phenoxy) is 1. The zero-order chi connectivity index (χ0) is 12.1. The molecule has 94 valence electrons. The van der Waals surface area contributed by atoms with E-state index in [-0.39, 0.29) is 5.82 Å². The molecule has 1 N–H and O–H groups in total. The van der Waals surface area contributed by atoms with E-state index in [9.17, 15) is 4.39 Å². The smallest absolute Gasteiger partial charge is 0.124 e. The van der Waals surface area contributed by atoms with E-state index in [1.807, 2.05) is 6.07 Å². The summed E-state index contributed by atoms with van der Waals surface area (Å²) in [5.74, 6) is -0.199. The zero-order valence-corrected chi connectivity index (χ0v) is 11.3. The van der Waals surface area contributed by atoms with E-state index in [0.717, 1.165) is 29.6 Å². The van der Waals surface area contributed by atoms with Gasteiger partial charge in [0.05, 0.1) is 6.10 Å². The van der Waals surface area contributed by atoms with Crippen LogP contribution in [0.3, 0.4) is 0 Å². The fourth-order valence-electron chi connectivity index (χ4n) is 2.08. The van der Waals surface area contributed by atoms with Gasteiger partial charge in [0.25, 0.3) is 0 Å². The van der Waals surface area contributed by atoms with Gasteiger partial charge in [-0.3, -0.25) is 0 Å². The van der Waals surface area contributed by atoms with Crippen LogP contribution in [0.5, 0.6) is 0 Å². The summed E-state index contributed by atoms with van der Waals surface area (Å²) >= 11 is 3.29. The van der Waals surface area contributed by atoms with Gasteiger partial charge >= 0.3 is 0 Å². The summed E-state index contributed by atoms with van der Waals surface area (Å²) in [4.78, 5) is 0. The molecule has 1 fully saturated rings. The van der Waals surface area contributed by atoms with E-state index in [4.69, 9.17) is 4.74 Å². The SMILES string of the molecule is Fc1cc(Br)cc(CNCCC2CCCO2)c1. The lowest BCUT2D eigenvalue weighted by Gasteiger charge is -2.10. The van der Waals surface area contributed by atoms with Crippen LogP contribution in [0.2, 0.25) is 0 Å². The highest BCUT2D eigenvalue weighted by Gasteiger charge is 2.14. The van der Waals surface area contributed by atoms with Crippen molar-refractivity contribution in [1.82, 2.24) is 5.32 Å². The highest BCUT2D eigenvalue weighted by Crippen LogP contribution is 2.16. The number of hydrogen-bond donors (Lipinski definition) is 1. The molecule has 0 saturated carbocycles. The fraction of sp³-hybridized carbons (Fsp3) is 0.538. The largest absolute Gasteiger partial charge is 0.378 e. The Morgan fingerprint density at radius 2 is 2.29 bits per heavy atom. The van der Waals surface area contributed by atoms with Gasteiger partial charge in [-0.2, -0.15) is 0 Å². The molecule has 2 nitrogen and oxygen atoms in total. The predicted molar refractivity (Wildman–Crippen MR) is 69.4 cm³/mol. The molecular formula is C13H17BrFNO. The average molecular weight is 302 g/mol. The Labute approximate surface area is 110 Å². The van der Waals surface area contributed by atoms with E-state index in [0.29, 0.717) is 12.6 Å². The molecule has 1 aliphatic rings. The van der Waals surface area contributed by atoms with Crippen molar-refractivity contribution in [3.8, 4) is 0 Å². The molecule has 1 heterocycles. The van der Waals surface area contributed by atoms with E-state index in [1.54, 1.807) is 6.07 Å². The summed E-state index contributed by atoms with van der Waals surface area (Å²) in [6.45, 7) is 2.52. The molecule has 0 radical (unpaired) electrons. The number of hydrogen-bond acceptors (Lipinski definition) is 2. The molecule has 1 saturated heterocycles. The van der Waals surface area contributed by atoms with Gasteiger partial charge < -0.3 is 10.1 Å². The minimum Gasteiger partial charge on any atom is -0.378 e. The fourth-order valence-corrected chi connectivity index (χ4v) is 2.59. The minimum atomic E-state index is -0.199. The lowest BCUT2D eigenvalue weighted by Crippen LogP contribution is -2.19. The lowest BCUT2D eigenvalue weighted by molar-refractivity contribution is 0.104. The number of nitrogens with one attached hydrogen (secondary N) is 1. The first-order chi connectivity index (χ1) is 8.24. The summed E-state index contributed by atoms with van der Waals surface area (Å²) in [5.41, 5.74) is 0.962. The second kappa shape index (κ2) is 6.47. The van der Waals surface area contributed by atoms with Crippen LogP contribution in [0.15, 0.2) is 22.7 Å². The highest BCUT2D eigenvalue weighted by atomic mass is 79.9. The average Bonchev–Trinajstić information content (AvgIpc) is 2.76. The van der Waals surface area contributed by atoms with Crippen molar-refractivity contribution < 1.29 is 9.13 Å². The molecule has 0 amide bonds. The zero-order valence-electron chi connectivity index (χ0n) is 9.72. The third-order valence-corrected chi connectivity index (χ3v) is 3.38. The summed E-state index contributed by atoms with van der Waals surface area (Å²) in [6.07, 6.45) is 3.81. The highest BCUT2D eigenvalue weighted by molar-refractivity contribution is 9.10. The summed E-state index contributed by atoms with van der Waals surface area (Å²) < 4.78 is 19.4. The Bertz CT molecular complexity index is 346. The molecule has 2 rings (SSSR count). The second-order valence-corrected chi connectivity index (χ2v) is 5.29. The Kier molecular flexibility index (Phi) is 4.95. The predicted octanol–water partition coefficient (Wildman–Crippen LogP) is 3.25. The molecule has 17 heavy (non-hydrogen) atoms. The molecule has 1 aromatic rings. The van der Waals surface area contributed by atoms with Crippen LogP contribution < -0.4 is 5.32 Å². The Morgan fingerprint density at radius 3 is 3.00 bits per heavy atom. The van der Waals surface area contributed by atoms with Crippen molar-refractivity contribution in [3.05, 3.63) is 34.1 Å². The standard InChI is InChI=1S/C13H17BrFNO/c14-11-6-10(7-12(15)8-11)9-16-4-3-13-2-1-5-17-13/h6-8,13,16H,1-5,9H2.